The van der Waals surface area contributed by atoms with Gasteiger partial charge in [-0.2, -0.15) is 0 Å². The van der Waals surface area contributed by atoms with Gasteiger partial charge in [0, 0.05) is 46.3 Å². The van der Waals surface area contributed by atoms with Crippen LogP contribution in [0.4, 0.5) is 0 Å². The Kier molecular flexibility index (Phi) is 10.5. The van der Waals surface area contributed by atoms with Crippen molar-refractivity contribution in [3.8, 4) is 0 Å². The normalized spacial score (nSPS) is 14.4. The maximum absolute atomic E-state index is 11.7. The quantitative estimate of drug-likeness (QED) is 0.270. The summed E-state index contributed by atoms with van der Waals surface area (Å²) in [6.07, 6.45) is 1.67. The largest absolute Gasteiger partial charge is 0.380 e. The number of guanidine groups is 1. The summed E-state index contributed by atoms with van der Waals surface area (Å²) in [5.74, 6) is 1.03. The molecule has 7 heteroatoms. The number of ether oxygens (including phenoxy) is 1. The maximum atomic E-state index is 11.7. The Hall–Kier alpha value is -1.35. The number of aliphatic imine (C=N–C) groups is 1. The van der Waals surface area contributed by atoms with Crippen molar-refractivity contribution in [2.75, 3.05) is 33.4 Å². The highest BCUT2D eigenvalue weighted by Gasteiger charge is 2.19. The Morgan fingerprint density at radius 2 is 1.96 bits per heavy atom. The molecule has 2 N–H and O–H groups in total. The summed E-state index contributed by atoms with van der Waals surface area (Å²) in [6.45, 7) is 6.41. The van der Waals surface area contributed by atoms with Crippen LogP contribution in [-0.4, -0.2) is 50.1 Å². The molecular weight excluding hydrogens is 431 g/mol. The number of amides is 1. The number of carbonyl (C=O) groups is 1. The lowest BCUT2D eigenvalue weighted by Gasteiger charge is -2.16. The van der Waals surface area contributed by atoms with Gasteiger partial charge in [-0.3, -0.25) is 9.79 Å². The molecule has 2 rings (SSSR count). The van der Waals surface area contributed by atoms with Crippen LogP contribution in [0.5, 0.6) is 0 Å². The second-order valence-corrected chi connectivity index (χ2v) is 5.78. The highest BCUT2D eigenvalue weighted by atomic mass is 127. The van der Waals surface area contributed by atoms with Crippen molar-refractivity contribution in [1.29, 1.82) is 0 Å². The molecule has 1 saturated heterocycles. The van der Waals surface area contributed by atoms with Gasteiger partial charge in [0.05, 0.1) is 6.61 Å². The fourth-order valence-corrected chi connectivity index (χ4v) is 2.65. The number of nitrogens with one attached hydrogen (secondary N) is 2. The van der Waals surface area contributed by atoms with Crippen molar-refractivity contribution in [2.45, 2.75) is 32.9 Å². The van der Waals surface area contributed by atoms with E-state index in [0.717, 1.165) is 32.1 Å². The SMILES string of the molecule is CCOCCNC(=NC)NCc1ccc(CN2CCCC2=O)cc1.I. The van der Waals surface area contributed by atoms with E-state index in [-0.39, 0.29) is 29.9 Å². The van der Waals surface area contributed by atoms with Crippen molar-refractivity contribution >= 4 is 35.8 Å². The molecule has 0 atom stereocenters. The third-order valence-corrected chi connectivity index (χ3v) is 3.99. The number of rotatable bonds is 8. The van der Waals surface area contributed by atoms with E-state index in [4.69, 9.17) is 4.74 Å². The van der Waals surface area contributed by atoms with Crippen molar-refractivity contribution in [3.63, 3.8) is 0 Å². The van der Waals surface area contributed by atoms with Gasteiger partial charge in [-0.15, -0.1) is 24.0 Å². The molecule has 0 unspecified atom stereocenters. The van der Waals surface area contributed by atoms with Crippen molar-refractivity contribution in [1.82, 2.24) is 15.5 Å². The molecule has 0 aromatic heterocycles. The zero-order chi connectivity index (χ0) is 17.2. The van der Waals surface area contributed by atoms with Crippen molar-refractivity contribution < 1.29 is 9.53 Å². The first kappa shape index (κ1) is 21.7. The van der Waals surface area contributed by atoms with Gasteiger partial charge >= 0.3 is 0 Å². The number of hydrogen-bond donors (Lipinski definition) is 2. The van der Waals surface area contributed by atoms with Crippen LogP contribution in [0.25, 0.3) is 0 Å². The summed E-state index contributed by atoms with van der Waals surface area (Å²) in [6, 6.07) is 8.37. The van der Waals surface area contributed by atoms with Gasteiger partial charge in [-0.1, -0.05) is 24.3 Å². The van der Waals surface area contributed by atoms with Crippen LogP contribution in [0.3, 0.4) is 0 Å². The zero-order valence-corrected chi connectivity index (χ0v) is 17.4. The third kappa shape index (κ3) is 7.60. The minimum Gasteiger partial charge on any atom is -0.380 e. The van der Waals surface area contributed by atoms with Crippen LogP contribution < -0.4 is 10.6 Å². The van der Waals surface area contributed by atoms with Crippen LogP contribution in [0.15, 0.2) is 29.3 Å². The van der Waals surface area contributed by atoms with Crippen LogP contribution in [0.2, 0.25) is 0 Å². The molecule has 0 saturated carbocycles. The first-order chi connectivity index (χ1) is 11.7. The fraction of sp³-hybridized carbons (Fsp3) is 0.556. The summed E-state index contributed by atoms with van der Waals surface area (Å²) in [4.78, 5) is 17.8. The van der Waals surface area contributed by atoms with E-state index in [9.17, 15) is 4.79 Å². The maximum Gasteiger partial charge on any atom is 0.222 e. The summed E-state index contributed by atoms with van der Waals surface area (Å²) >= 11 is 0. The van der Waals surface area contributed by atoms with E-state index in [1.807, 2.05) is 11.8 Å². The topological polar surface area (TPSA) is 66.0 Å². The number of hydrogen-bond acceptors (Lipinski definition) is 3. The molecule has 1 aliphatic heterocycles. The number of benzene rings is 1. The molecule has 1 fully saturated rings. The molecule has 0 aliphatic carbocycles. The second-order valence-electron chi connectivity index (χ2n) is 5.78. The van der Waals surface area contributed by atoms with E-state index in [2.05, 4.69) is 39.9 Å². The van der Waals surface area contributed by atoms with Crippen molar-refractivity contribution in [2.24, 2.45) is 4.99 Å². The summed E-state index contributed by atoms with van der Waals surface area (Å²) in [5.41, 5.74) is 2.35. The molecule has 140 valence electrons. The molecule has 1 aromatic rings. The molecule has 1 aliphatic rings. The average Bonchev–Trinajstić information content (AvgIpc) is 3.00. The fourth-order valence-electron chi connectivity index (χ4n) is 2.65. The summed E-state index contributed by atoms with van der Waals surface area (Å²) in [5, 5.41) is 6.49. The van der Waals surface area contributed by atoms with Crippen molar-refractivity contribution in [3.05, 3.63) is 35.4 Å². The summed E-state index contributed by atoms with van der Waals surface area (Å²) < 4.78 is 5.29. The second kappa shape index (κ2) is 12.1. The molecule has 0 spiro atoms. The smallest absolute Gasteiger partial charge is 0.222 e. The molecule has 1 heterocycles. The van der Waals surface area contributed by atoms with Gasteiger partial charge in [0.1, 0.15) is 0 Å². The lowest BCUT2D eigenvalue weighted by atomic mass is 10.1. The highest BCUT2D eigenvalue weighted by molar-refractivity contribution is 14.0. The van der Waals surface area contributed by atoms with Gasteiger partial charge < -0.3 is 20.3 Å². The van der Waals surface area contributed by atoms with E-state index in [1.165, 1.54) is 11.1 Å². The molecule has 0 radical (unpaired) electrons. The number of halogens is 1. The zero-order valence-electron chi connectivity index (χ0n) is 15.1. The third-order valence-electron chi connectivity index (χ3n) is 3.99. The molecule has 1 amide bonds. The predicted molar refractivity (Wildman–Crippen MR) is 111 cm³/mol. The lowest BCUT2D eigenvalue weighted by Crippen LogP contribution is -2.38. The average molecular weight is 460 g/mol. The molecule has 0 bridgehead atoms. The van der Waals surface area contributed by atoms with E-state index in [1.54, 1.807) is 7.05 Å². The highest BCUT2D eigenvalue weighted by Crippen LogP contribution is 2.14. The van der Waals surface area contributed by atoms with Gasteiger partial charge in [-0.05, 0) is 24.5 Å². The Bertz CT molecular complexity index is 549. The number of carbonyl (C=O) groups excluding carboxylic acids is 1. The van der Waals surface area contributed by atoms with Gasteiger partial charge in [-0.25, -0.2) is 0 Å². The first-order valence-electron chi connectivity index (χ1n) is 8.60. The van der Waals surface area contributed by atoms with Gasteiger partial charge in [0.15, 0.2) is 5.96 Å². The Morgan fingerprint density at radius 3 is 2.56 bits per heavy atom. The van der Waals surface area contributed by atoms with Gasteiger partial charge in [0.25, 0.3) is 0 Å². The van der Waals surface area contributed by atoms with Crippen LogP contribution in [-0.2, 0) is 22.6 Å². The Balaban J connectivity index is 0.00000312. The molecule has 6 nitrogen and oxygen atoms in total. The first-order valence-corrected chi connectivity index (χ1v) is 8.60. The standard InChI is InChI=1S/C18H28N4O2.HI/c1-3-24-12-10-20-18(19-2)21-13-15-6-8-16(9-7-15)14-22-11-4-5-17(22)23;/h6-9H,3-5,10-14H2,1-2H3,(H2,19,20,21);1H. The monoisotopic (exact) mass is 460 g/mol. The minimum absolute atomic E-state index is 0. The molecule has 25 heavy (non-hydrogen) atoms. The lowest BCUT2D eigenvalue weighted by molar-refractivity contribution is -0.128. The Labute approximate surface area is 167 Å². The predicted octanol–water partition coefficient (Wildman–Crippen LogP) is 2.13. The Morgan fingerprint density at radius 1 is 1.24 bits per heavy atom. The van der Waals surface area contributed by atoms with Gasteiger partial charge in [0.2, 0.25) is 5.91 Å². The van der Waals surface area contributed by atoms with Crippen LogP contribution in [0, 0.1) is 0 Å². The number of likely N-dealkylation sites (tertiary alicyclic amines) is 1. The minimum atomic E-state index is 0. The van der Waals surface area contributed by atoms with E-state index in [0.29, 0.717) is 26.1 Å². The summed E-state index contributed by atoms with van der Waals surface area (Å²) in [7, 11) is 1.76. The van der Waals surface area contributed by atoms with E-state index < -0.39 is 0 Å². The molecule has 1 aromatic carbocycles. The number of nitrogens with zero attached hydrogens (tertiary/aromatic N) is 2. The van der Waals surface area contributed by atoms with Crippen LogP contribution in [0.1, 0.15) is 30.9 Å². The van der Waals surface area contributed by atoms with E-state index >= 15 is 0 Å². The molecular formula is C18H29IN4O2. The van der Waals surface area contributed by atoms with Crippen LogP contribution >= 0.6 is 24.0 Å².